The van der Waals surface area contributed by atoms with Crippen LogP contribution in [0.4, 0.5) is 0 Å². The van der Waals surface area contributed by atoms with Crippen molar-refractivity contribution in [1.29, 1.82) is 0 Å². The highest BCUT2D eigenvalue weighted by molar-refractivity contribution is 5.81. The minimum atomic E-state index is 0.175. The molecule has 0 aliphatic heterocycles. The molecule has 2 nitrogen and oxygen atoms in total. The van der Waals surface area contributed by atoms with Gasteiger partial charge in [-0.15, -0.1) is 0 Å². The summed E-state index contributed by atoms with van der Waals surface area (Å²) in [5, 5.41) is 4.58. The van der Waals surface area contributed by atoms with E-state index in [1.807, 2.05) is 31.4 Å². The summed E-state index contributed by atoms with van der Waals surface area (Å²) in [5.41, 5.74) is 3.21. The number of fused-ring (bicyclic) bond motifs is 1. The van der Waals surface area contributed by atoms with Crippen molar-refractivity contribution in [2.75, 3.05) is 6.54 Å². The van der Waals surface area contributed by atoms with Gasteiger partial charge in [-0.25, -0.2) is 0 Å². The van der Waals surface area contributed by atoms with E-state index in [4.69, 9.17) is 4.42 Å². The molecule has 0 spiro atoms. The van der Waals surface area contributed by atoms with Crippen LogP contribution in [0.2, 0.25) is 0 Å². The molecule has 0 aliphatic carbocycles. The average molecular weight is 215 g/mol. The van der Waals surface area contributed by atoms with Gasteiger partial charge in [0.05, 0.1) is 12.3 Å². The van der Waals surface area contributed by atoms with Crippen LogP contribution >= 0.6 is 0 Å². The van der Waals surface area contributed by atoms with Crippen LogP contribution in [0.15, 0.2) is 47.1 Å². The van der Waals surface area contributed by atoms with E-state index in [-0.39, 0.29) is 6.04 Å². The van der Waals surface area contributed by atoms with Gasteiger partial charge in [-0.1, -0.05) is 37.3 Å². The summed E-state index contributed by atoms with van der Waals surface area (Å²) in [5.74, 6) is 0. The maximum Gasteiger partial charge on any atom is 0.134 e. The zero-order valence-corrected chi connectivity index (χ0v) is 9.79. The molecule has 1 atom stereocenters. The lowest BCUT2D eigenvalue weighted by Crippen LogP contribution is -2.21. The summed E-state index contributed by atoms with van der Waals surface area (Å²) in [7, 11) is 0. The summed E-state index contributed by atoms with van der Waals surface area (Å²) < 4.78 is 5.55. The van der Waals surface area contributed by atoms with Gasteiger partial charge in [0.15, 0.2) is 0 Å². The Morgan fingerprint density at radius 1 is 1.44 bits per heavy atom. The van der Waals surface area contributed by atoms with Crippen LogP contribution in [0.5, 0.6) is 0 Å². The summed E-state index contributed by atoms with van der Waals surface area (Å²) in [4.78, 5) is 0. The topological polar surface area (TPSA) is 25.2 Å². The summed E-state index contributed by atoms with van der Waals surface area (Å²) in [6.45, 7) is 9.08. The summed E-state index contributed by atoms with van der Waals surface area (Å²) >= 11 is 0. The second kappa shape index (κ2) is 4.54. The van der Waals surface area contributed by atoms with E-state index in [1.165, 1.54) is 5.56 Å². The van der Waals surface area contributed by atoms with Crippen molar-refractivity contribution >= 4 is 11.0 Å². The molecule has 1 aromatic heterocycles. The lowest BCUT2D eigenvalue weighted by molar-refractivity contribution is 0.581. The minimum absolute atomic E-state index is 0.175. The molecule has 1 unspecified atom stereocenters. The maximum absolute atomic E-state index is 5.55. The first kappa shape index (κ1) is 11.0. The van der Waals surface area contributed by atoms with Crippen molar-refractivity contribution in [2.45, 2.75) is 19.9 Å². The lowest BCUT2D eigenvalue weighted by atomic mass is 10.0. The van der Waals surface area contributed by atoms with Crippen molar-refractivity contribution in [3.8, 4) is 0 Å². The predicted molar refractivity (Wildman–Crippen MR) is 67.4 cm³/mol. The van der Waals surface area contributed by atoms with Crippen LogP contribution in [-0.2, 0) is 0 Å². The first-order chi connectivity index (χ1) is 7.74. The Bertz CT molecular complexity index is 498. The Balaban J connectivity index is 2.48. The molecule has 84 valence electrons. The van der Waals surface area contributed by atoms with Gasteiger partial charge < -0.3 is 9.73 Å². The van der Waals surface area contributed by atoms with Crippen molar-refractivity contribution < 1.29 is 4.42 Å². The van der Waals surface area contributed by atoms with E-state index in [9.17, 15) is 0 Å². The molecule has 2 rings (SSSR count). The first-order valence-corrected chi connectivity index (χ1v) is 5.59. The second-order valence-electron chi connectivity index (χ2n) is 4.02. The monoisotopic (exact) mass is 215 g/mol. The van der Waals surface area contributed by atoms with Crippen LogP contribution in [0, 0.1) is 0 Å². The number of para-hydroxylation sites is 1. The normalized spacial score (nSPS) is 12.9. The van der Waals surface area contributed by atoms with Gasteiger partial charge in [0.25, 0.3) is 0 Å². The molecule has 0 radical (unpaired) electrons. The Kier molecular flexibility index (Phi) is 3.11. The van der Waals surface area contributed by atoms with Gasteiger partial charge in [-0.2, -0.15) is 0 Å². The number of likely N-dealkylation sites (N-methyl/N-ethyl adjacent to an activating group) is 1. The number of benzene rings is 1. The molecular formula is C14H17NO. The molecule has 16 heavy (non-hydrogen) atoms. The fourth-order valence-electron chi connectivity index (χ4n) is 1.98. The average Bonchev–Trinajstić information content (AvgIpc) is 2.69. The molecule has 0 aliphatic rings. The number of furan rings is 1. The second-order valence-corrected chi connectivity index (χ2v) is 4.02. The largest absolute Gasteiger partial charge is 0.464 e. The number of hydrogen-bond acceptors (Lipinski definition) is 2. The molecule has 0 fully saturated rings. The Hall–Kier alpha value is -1.54. The fourth-order valence-corrected chi connectivity index (χ4v) is 1.98. The van der Waals surface area contributed by atoms with Crippen LogP contribution in [-0.4, -0.2) is 6.54 Å². The predicted octanol–water partition coefficient (Wildman–Crippen LogP) is 3.66. The SMILES string of the molecule is C=C(C)C(NCC)c1coc2ccccc12. The molecule has 2 heteroatoms. The molecule has 1 N–H and O–H groups in total. The van der Waals surface area contributed by atoms with E-state index in [1.54, 1.807) is 0 Å². The first-order valence-electron chi connectivity index (χ1n) is 5.59. The van der Waals surface area contributed by atoms with E-state index in [2.05, 4.69) is 24.9 Å². The van der Waals surface area contributed by atoms with Gasteiger partial charge in [0.2, 0.25) is 0 Å². The molecule has 0 amide bonds. The molecule has 0 saturated carbocycles. The highest BCUT2D eigenvalue weighted by atomic mass is 16.3. The van der Waals surface area contributed by atoms with Crippen molar-refractivity contribution in [2.24, 2.45) is 0 Å². The van der Waals surface area contributed by atoms with E-state index < -0.39 is 0 Å². The number of rotatable bonds is 4. The van der Waals surface area contributed by atoms with Crippen molar-refractivity contribution in [3.63, 3.8) is 0 Å². The maximum atomic E-state index is 5.55. The molecule has 1 heterocycles. The molecule has 1 aromatic carbocycles. The Morgan fingerprint density at radius 3 is 2.88 bits per heavy atom. The molecular weight excluding hydrogens is 198 g/mol. The van der Waals surface area contributed by atoms with Gasteiger partial charge in [0.1, 0.15) is 5.58 Å². The van der Waals surface area contributed by atoms with E-state index in [0.717, 1.165) is 23.1 Å². The third-order valence-corrected chi connectivity index (χ3v) is 2.72. The molecule has 0 saturated heterocycles. The zero-order chi connectivity index (χ0) is 11.5. The number of nitrogens with one attached hydrogen (secondary N) is 1. The Labute approximate surface area is 96.0 Å². The van der Waals surface area contributed by atoms with E-state index >= 15 is 0 Å². The molecule has 0 bridgehead atoms. The standard InChI is InChI=1S/C14H17NO/c1-4-15-14(10(2)3)12-9-16-13-8-6-5-7-11(12)13/h5-9,14-15H,2,4H2,1,3H3. The number of hydrogen-bond donors (Lipinski definition) is 1. The van der Waals surface area contributed by atoms with Gasteiger partial charge >= 0.3 is 0 Å². The van der Waals surface area contributed by atoms with Gasteiger partial charge in [-0.05, 0) is 19.5 Å². The highest BCUT2D eigenvalue weighted by Gasteiger charge is 2.16. The van der Waals surface area contributed by atoms with E-state index in [0.29, 0.717) is 0 Å². The zero-order valence-electron chi connectivity index (χ0n) is 9.79. The highest BCUT2D eigenvalue weighted by Crippen LogP contribution is 2.29. The van der Waals surface area contributed by atoms with Crippen molar-refractivity contribution in [3.05, 3.63) is 48.2 Å². The fraction of sp³-hybridized carbons (Fsp3) is 0.286. The van der Waals surface area contributed by atoms with Gasteiger partial charge in [0, 0.05) is 10.9 Å². The van der Waals surface area contributed by atoms with Crippen LogP contribution < -0.4 is 5.32 Å². The van der Waals surface area contributed by atoms with Gasteiger partial charge in [-0.3, -0.25) is 0 Å². The third-order valence-electron chi connectivity index (χ3n) is 2.72. The smallest absolute Gasteiger partial charge is 0.134 e. The third kappa shape index (κ3) is 1.89. The molecule has 2 aromatic rings. The van der Waals surface area contributed by atoms with Crippen LogP contribution in [0.1, 0.15) is 25.5 Å². The summed E-state index contributed by atoms with van der Waals surface area (Å²) in [6, 6.07) is 8.26. The quantitative estimate of drug-likeness (QED) is 0.787. The minimum Gasteiger partial charge on any atom is -0.464 e. The van der Waals surface area contributed by atoms with Crippen LogP contribution in [0.25, 0.3) is 11.0 Å². The van der Waals surface area contributed by atoms with Crippen LogP contribution in [0.3, 0.4) is 0 Å². The lowest BCUT2D eigenvalue weighted by Gasteiger charge is -2.16. The Morgan fingerprint density at radius 2 is 2.19 bits per heavy atom. The van der Waals surface area contributed by atoms with Crippen molar-refractivity contribution in [1.82, 2.24) is 5.32 Å². The summed E-state index contributed by atoms with van der Waals surface area (Å²) in [6.07, 6.45) is 1.83.